The Morgan fingerprint density at radius 2 is 2.29 bits per heavy atom. The maximum Gasteiger partial charge on any atom is 0.116 e. The average molecular weight is 187 g/mol. The van der Waals surface area contributed by atoms with E-state index >= 15 is 0 Å². The van der Waals surface area contributed by atoms with Crippen LogP contribution in [0.25, 0.3) is 11.0 Å². The number of nitrogens with zero attached hydrogens (tertiary/aromatic N) is 3. The number of aromatic nitrogens is 3. The predicted molar refractivity (Wildman–Crippen MR) is 57.1 cm³/mol. The minimum atomic E-state index is 0.788. The van der Waals surface area contributed by atoms with Gasteiger partial charge in [0.05, 0.1) is 12.1 Å². The van der Waals surface area contributed by atoms with Crippen LogP contribution >= 0.6 is 0 Å². The van der Waals surface area contributed by atoms with E-state index in [1.807, 2.05) is 29.8 Å². The van der Waals surface area contributed by atoms with Crippen molar-refractivity contribution in [3.63, 3.8) is 0 Å². The molecule has 0 bridgehead atoms. The fourth-order valence-corrected chi connectivity index (χ4v) is 1.47. The maximum absolute atomic E-state index is 4.15. The summed E-state index contributed by atoms with van der Waals surface area (Å²) in [5.41, 5.74) is 3.27. The normalized spacial score (nSPS) is 11.6. The molecule has 0 spiro atoms. The van der Waals surface area contributed by atoms with Crippen LogP contribution in [0.3, 0.4) is 0 Å². The highest BCUT2D eigenvalue weighted by molar-refractivity contribution is 5.77. The third-order valence-corrected chi connectivity index (χ3v) is 2.26. The van der Waals surface area contributed by atoms with Gasteiger partial charge >= 0.3 is 0 Å². The van der Waals surface area contributed by atoms with Crippen molar-refractivity contribution in [2.24, 2.45) is 0 Å². The molecule has 2 rings (SSSR count). The summed E-state index contributed by atoms with van der Waals surface area (Å²) in [5, 5.41) is 8.26. The molecule has 0 fully saturated rings. The molecule has 0 aliphatic heterocycles. The topological polar surface area (TPSA) is 30.7 Å². The summed E-state index contributed by atoms with van der Waals surface area (Å²) < 4.78 is 1.91. The van der Waals surface area contributed by atoms with Crippen LogP contribution in [0.1, 0.15) is 12.5 Å². The lowest BCUT2D eigenvalue weighted by Gasteiger charge is -1.97. The third-order valence-electron chi connectivity index (χ3n) is 2.26. The van der Waals surface area contributed by atoms with E-state index in [1.165, 1.54) is 5.56 Å². The van der Waals surface area contributed by atoms with Crippen LogP contribution in [0.15, 0.2) is 30.4 Å². The summed E-state index contributed by atoms with van der Waals surface area (Å²) in [5.74, 6) is 0. The fourth-order valence-electron chi connectivity index (χ4n) is 1.47. The molecular formula is C11H13N3. The molecule has 3 heteroatoms. The Balaban J connectivity index is 2.52. The van der Waals surface area contributed by atoms with E-state index in [1.54, 1.807) is 0 Å². The second-order valence-corrected chi connectivity index (χ2v) is 3.28. The SMILES string of the molecule is C/C=C/Cn1nnc2c(C)cccc21. The Labute approximate surface area is 83.0 Å². The molecule has 0 radical (unpaired) electrons. The van der Waals surface area contributed by atoms with E-state index in [4.69, 9.17) is 0 Å². The lowest BCUT2D eigenvalue weighted by atomic mass is 10.2. The molecule has 0 saturated carbocycles. The van der Waals surface area contributed by atoms with Crippen LogP contribution in [0.2, 0.25) is 0 Å². The van der Waals surface area contributed by atoms with Crippen molar-refractivity contribution >= 4 is 11.0 Å². The lowest BCUT2D eigenvalue weighted by molar-refractivity contribution is 0.682. The van der Waals surface area contributed by atoms with E-state index in [-0.39, 0.29) is 0 Å². The third kappa shape index (κ3) is 1.41. The van der Waals surface area contributed by atoms with Crippen molar-refractivity contribution in [3.05, 3.63) is 35.9 Å². The number of allylic oxidation sites excluding steroid dienone is 2. The smallest absolute Gasteiger partial charge is 0.116 e. The Morgan fingerprint density at radius 1 is 1.43 bits per heavy atom. The molecule has 1 aromatic carbocycles. The van der Waals surface area contributed by atoms with Gasteiger partial charge in [0, 0.05) is 0 Å². The Hall–Kier alpha value is -1.64. The number of fused-ring (bicyclic) bond motifs is 1. The minimum Gasteiger partial charge on any atom is -0.241 e. The monoisotopic (exact) mass is 187 g/mol. The van der Waals surface area contributed by atoms with Crippen LogP contribution in [-0.2, 0) is 6.54 Å². The van der Waals surface area contributed by atoms with Gasteiger partial charge in [-0.15, -0.1) is 5.10 Å². The first kappa shape index (κ1) is 8.94. The fraction of sp³-hybridized carbons (Fsp3) is 0.273. The Bertz CT molecular complexity index is 468. The number of rotatable bonds is 2. The second-order valence-electron chi connectivity index (χ2n) is 3.28. The van der Waals surface area contributed by atoms with Crippen molar-refractivity contribution in [2.75, 3.05) is 0 Å². The second kappa shape index (κ2) is 3.62. The molecule has 72 valence electrons. The van der Waals surface area contributed by atoms with Gasteiger partial charge in [0.15, 0.2) is 0 Å². The zero-order chi connectivity index (χ0) is 9.97. The molecule has 0 atom stereocenters. The van der Waals surface area contributed by atoms with Crippen LogP contribution in [0.4, 0.5) is 0 Å². The van der Waals surface area contributed by atoms with Gasteiger partial charge in [-0.2, -0.15) is 0 Å². The van der Waals surface area contributed by atoms with E-state index in [9.17, 15) is 0 Å². The summed E-state index contributed by atoms with van der Waals surface area (Å²) in [4.78, 5) is 0. The number of benzene rings is 1. The maximum atomic E-state index is 4.15. The highest BCUT2D eigenvalue weighted by atomic mass is 15.4. The number of hydrogen-bond donors (Lipinski definition) is 0. The molecule has 1 heterocycles. The molecule has 0 amide bonds. The van der Waals surface area contributed by atoms with Gasteiger partial charge in [-0.1, -0.05) is 29.5 Å². The minimum absolute atomic E-state index is 0.788. The largest absolute Gasteiger partial charge is 0.241 e. The first-order chi connectivity index (χ1) is 6.83. The van der Waals surface area contributed by atoms with E-state index < -0.39 is 0 Å². The van der Waals surface area contributed by atoms with Crippen LogP contribution in [0, 0.1) is 6.92 Å². The van der Waals surface area contributed by atoms with E-state index in [2.05, 4.69) is 29.4 Å². The summed E-state index contributed by atoms with van der Waals surface area (Å²) in [6, 6.07) is 6.13. The molecule has 14 heavy (non-hydrogen) atoms. The molecule has 2 aromatic rings. The van der Waals surface area contributed by atoms with Gasteiger partial charge in [0.2, 0.25) is 0 Å². The summed E-state index contributed by atoms with van der Waals surface area (Å²) in [6.45, 7) is 4.85. The molecule has 3 nitrogen and oxygen atoms in total. The Kier molecular flexibility index (Phi) is 2.31. The molecule has 0 aliphatic carbocycles. The van der Waals surface area contributed by atoms with Crippen LogP contribution < -0.4 is 0 Å². The molecular weight excluding hydrogens is 174 g/mol. The van der Waals surface area contributed by atoms with E-state index in [0.717, 1.165) is 17.6 Å². The van der Waals surface area contributed by atoms with Crippen molar-refractivity contribution in [3.8, 4) is 0 Å². The zero-order valence-corrected chi connectivity index (χ0v) is 8.44. The van der Waals surface area contributed by atoms with Gasteiger partial charge in [0.25, 0.3) is 0 Å². The van der Waals surface area contributed by atoms with Gasteiger partial charge in [-0.25, -0.2) is 4.68 Å². The molecule has 1 aromatic heterocycles. The van der Waals surface area contributed by atoms with Crippen LogP contribution in [-0.4, -0.2) is 15.0 Å². The molecule has 0 saturated heterocycles. The van der Waals surface area contributed by atoms with Crippen molar-refractivity contribution in [2.45, 2.75) is 20.4 Å². The van der Waals surface area contributed by atoms with Crippen LogP contribution in [0.5, 0.6) is 0 Å². The van der Waals surface area contributed by atoms with Gasteiger partial charge in [0.1, 0.15) is 5.52 Å². The van der Waals surface area contributed by atoms with Gasteiger partial charge in [-0.05, 0) is 25.5 Å². The predicted octanol–water partition coefficient (Wildman–Crippen LogP) is 2.32. The molecule has 0 unspecified atom stereocenters. The van der Waals surface area contributed by atoms with Gasteiger partial charge in [-0.3, -0.25) is 0 Å². The summed E-state index contributed by atoms with van der Waals surface area (Å²) in [6.07, 6.45) is 4.08. The van der Waals surface area contributed by atoms with Crippen molar-refractivity contribution in [1.82, 2.24) is 15.0 Å². The van der Waals surface area contributed by atoms with Gasteiger partial charge < -0.3 is 0 Å². The molecule has 0 aliphatic rings. The first-order valence-electron chi connectivity index (χ1n) is 4.73. The lowest BCUT2D eigenvalue weighted by Crippen LogP contribution is -1.96. The highest BCUT2D eigenvalue weighted by Crippen LogP contribution is 2.14. The zero-order valence-electron chi connectivity index (χ0n) is 8.44. The Morgan fingerprint density at radius 3 is 3.07 bits per heavy atom. The average Bonchev–Trinajstić information content (AvgIpc) is 2.60. The summed E-state index contributed by atoms with van der Waals surface area (Å²) in [7, 11) is 0. The molecule has 0 N–H and O–H groups in total. The highest BCUT2D eigenvalue weighted by Gasteiger charge is 2.03. The number of aryl methyl sites for hydroxylation is 1. The summed E-state index contributed by atoms with van der Waals surface area (Å²) >= 11 is 0. The number of hydrogen-bond acceptors (Lipinski definition) is 2. The van der Waals surface area contributed by atoms with E-state index in [0.29, 0.717) is 0 Å². The first-order valence-corrected chi connectivity index (χ1v) is 4.73. The standard InChI is InChI=1S/C11H13N3/c1-3-4-8-14-10-7-5-6-9(2)11(10)12-13-14/h3-7H,8H2,1-2H3/b4-3+. The van der Waals surface area contributed by atoms with Crippen molar-refractivity contribution < 1.29 is 0 Å². The van der Waals surface area contributed by atoms with Crippen molar-refractivity contribution in [1.29, 1.82) is 0 Å². The quantitative estimate of drug-likeness (QED) is 0.675.